The standard InChI is InChI=1S/C25H20N2O4S/c26-17-20-5-7-21(8-6-20)18-31-25(28)14-11-19-9-12-23(13-10-19)32(29,30)27-16-15-22-3-1-2-4-24(22)27/h1-14H,15-16,18H2/b14-11+. The van der Waals surface area contributed by atoms with Crippen LogP contribution in [0.4, 0.5) is 5.69 Å². The minimum absolute atomic E-state index is 0.101. The van der Waals surface area contributed by atoms with Gasteiger partial charge in [0.2, 0.25) is 0 Å². The van der Waals surface area contributed by atoms with Crippen molar-refractivity contribution < 1.29 is 17.9 Å². The number of anilines is 1. The number of benzene rings is 3. The van der Waals surface area contributed by atoms with E-state index in [-0.39, 0.29) is 11.5 Å². The van der Waals surface area contributed by atoms with Crippen LogP contribution in [-0.2, 0) is 32.6 Å². The molecule has 0 unspecified atom stereocenters. The van der Waals surface area contributed by atoms with Gasteiger partial charge >= 0.3 is 5.97 Å². The molecule has 0 spiro atoms. The van der Waals surface area contributed by atoms with Crippen molar-refractivity contribution in [1.82, 2.24) is 0 Å². The van der Waals surface area contributed by atoms with Gasteiger partial charge in [-0.15, -0.1) is 0 Å². The molecule has 32 heavy (non-hydrogen) atoms. The summed E-state index contributed by atoms with van der Waals surface area (Å²) >= 11 is 0. The van der Waals surface area contributed by atoms with Crippen LogP contribution >= 0.6 is 0 Å². The van der Waals surface area contributed by atoms with E-state index < -0.39 is 16.0 Å². The second-order valence-corrected chi connectivity index (χ2v) is 9.14. The predicted molar refractivity (Wildman–Crippen MR) is 121 cm³/mol. The lowest BCUT2D eigenvalue weighted by Crippen LogP contribution is -2.29. The number of nitrogens with zero attached hydrogens (tertiary/aromatic N) is 2. The molecule has 6 nitrogen and oxygen atoms in total. The van der Waals surface area contributed by atoms with Gasteiger partial charge in [-0.05, 0) is 59.5 Å². The molecule has 160 valence electrons. The average Bonchev–Trinajstić information content (AvgIpc) is 3.27. The van der Waals surface area contributed by atoms with Gasteiger partial charge in [-0.1, -0.05) is 42.5 Å². The minimum atomic E-state index is -3.65. The SMILES string of the molecule is N#Cc1ccc(COC(=O)/C=C/c2ccc(S(=O)(=O)N3CCc4ccccc43)cc2)cc1. The second-order valence-electron chi connectivity index (χ2n) is 7.27. The molecule has 0 saturated heterocycles. The maximum atomic E-state index is 13.1. The summed E-state index contributed by atoms with van der Waals surface area (Å²) < 4.78 is 32.7. The Bertz CT molecular complexity index is 1310. The largest absolute Gasteiger partial charge is 0.458 e. The van der Waals surface area contributed by atoms with Gasteiger partial charge in [0.05, 0.1) is 22.2 Å². The minimum Gasteiger partial charge on any atom is -0.458 e. The fraction of sp³-hybridized carbons (Fsp3) is 0.120. The number of carbonyl (C=O) groups is 1. The molecule has 0 saturated carbocycles. The molecule has 0 atom stereocenters. The van der Waals surface area contributed by atoms with Gasteiger partial charge < -0.3 is 4.74 Å². The van der Waals surface area contributed by atoms with E-state index in [1.165, 1.54) is 22.5 Å². The number of nitriles is 1. The van der Waals surface area contributed by atoms with Crippen LogP contribution in [0.1, 0.15) is 22.3 Å². The van der Waals surface area contributed by atoms with Crippen LogP contribution in [0.3, 0.4) is 0 Å². The Morgan fingerprint density at radius 1 is 1.03 bits per heavy atom. The van der Waals surface area contributed by atoms with Gasteiger partial charge in [0.15, 0.2) is 0 Å². The van der Waals surface area contributed by atoms with Crippen molar-refractivity contribution in [2.24, 2.45) is 0 Å². The average molecular weight is 445 g/mol. The zero-order chi connectivity index (χ0) is 22.6. The molecule has 7 heteroatoms. The summed E-state index contributed by atoms with van der Waals surface area (Å²) in [4.78, 5) is 12.2. The van der Waals surface area contributed by atoms with Crippen LogP contribution in [0.15, 0.2) is 83.8 Å². The van der Waals surface area contributed by atoms with Gasteiger partial charge in [0.25, 0.3) is 10.0 Å². The molecule has 0 radical (unpaired) electrons. The lowest BCUT2D eigenvalue weighted by Gasteiger charge is -2.19. The maximum Gasteiger partial charge on any atom is 0.331 e. The molecule has 3 aromatic rings. The predicted octanol–water partition coefficient (Wildman–Crippen LogP) is 4.07. The van der Waals surface area contributed by atoms with Crippen molar-refractivity contribution >= 4 is 27.8 Å². The van der Waals surface area contributed by atoms with Crippen molar-refractivity contribution in [2.45, 2.75) is 17.9 Å². The van der Waals surface area contributed by atoms with Crippen molar-refractivity contribution in [2.75, 3.05) is 10.8 Å². The highest BCUT2D eigenvalue weighted by Crippen LogP contribution is 2.32. The lowest BCUT2D eigenvalue weighted by molar-refractivity contribution is -0.138. The van der Waals surface area contributed by atoms with Crippen molar-refractivity contribution in [1.29, 1.82) is 5.26 Å². The molecule has 0 N–H and O–H groups in total. The molecule has 0 amide bonds. The molecule has 3 aromatic carbocycles. The zero-order valence-corrected chi connectivity index (χ0v) is 18.0. The van der Waals surface area contributed by atoms with E-state index in [2.05, 4.69) is 0 Å². The van der Waals surface area contributed by atoms with Gasteiger partial charge in [-0.3, -0.25) is 4.31 Å². The first kappa shape index (κ1) is 21.3. The number of sulfonamides is 1. The summed E-state index contributed by atoms with van der Waals surface area (Å²) in [6, 6.07) is 22.7. The third-order valence-electron chi connectivity index (χ3n) is 5.19. The van der Waals surface area contributed by atoms with Gasteiger partial charge in [-0.2, -0.15) is 5.26 Å². The van der Waals surface area contributed by atoms with Gasteiger partial charge in [-0.25, -0.2) is 13.2 Å². The first-order chi connectivity index (χ1) is 15.5. The Kier molecular flexibility index (Phi) is 6.06. The molecule has 0 bridgehead atoms. The number of ether oxygens (including phenoxy) is 1. The number of fused-ring (bicyclic) bond motifs is 1. The van der Waals surface area contributed by atoms with E-state index >= 15 is 0 Å². The summed E-state index contributed by atoms with van der Waals surface area (Å²) in [6.45, 7) is 0.526. The highest BCUT2D eigenvalue weighted by Gasteiger charge is 2.30. The van der Waals surface area contributed by atoms with E-state index in [1.807, 2.05) is 30.3 Å². The van der Waals surface area contributed by atoms with Crippen LogP contribution < -0.4 is 4.31 Å². The van der Waals surface area contributed by atoms with Gasteiger partial charge in [0.1, 0.15) is 6.61 Å². The molecule has 4 rings (SSSR count). The fourth-order valence-electron chi connectivity index (χ4n) is 3.48. The number of rotatable bonds is 6. The lowest BCUT2D eigenvalue weighted by atomic mass is 10.2. The van der Waals surface area contributed by atoms with E-state index in [9.17, 15) is 13.2 Å². The monoisotopic (exact) mass is 444 g/mol. The number of esters is 1. The number of carbonyl (C=O) groups excluding carboxylic acids is 1. The van der Waals surface area contributed by atoms with E-state index in [1.54, 1.807) is 42.5 Å². The molecular weight excluding hydrogens is 424 g/mol. The topological polar surface area (TPSA) is 87.5 Å². The van der Waals surface area contributed by atoms with Crippen LogP contribution in [0, 0.1) is 11.3 Å². The van der Waals surface area contributed by atoms with E-state index in [0.717, 1.165) is 16.8 Å². The Morgan fingerprint density at radius 3 is 2.47 bits per heavy atom. The second kappa shape index (κ2) is 9.08. The highest BCUT2D eigenvalue weighted by atomic mass is 32.2. The Morgan fingerprint density at radius 2 is 1.75 bits per heavy atom. The smallest absolute Gasteiger partial charge is 0.331 e. The third kappa shape index (κ3) is 4.56. The molecule has 0 aliphatic carbocycles. The van der Waals surface area contributed by atoms with E-state index in [0.29, 0.717) is 24.1 Å². The fourth-order valence-corrected chi connectivity index (χ4v) is 4.98. The van der Waals surface area contributed by atoms with Crippen LogP contribution in [0.25, 0.3) is 6.08 Å². The van der Waals surface area contributed by atoms with Gasteiger partial charge in [0, 0.05) is 12.6 Å². The number of hydrogen-bond donors (Lipinski definition) is 0. The molecule has 1 heterocycles. The van der Waals surface area contributed by atoms with Crippen LogP contribution in [-0.4, -0.2) is 20.9 Å². The van der Waals surface area contributed by atoms with Crippen molar-refractivity contribution in [3.05, 3.63) is 101 Å². The first-order valence-electron chi connectivity index (χ1n) is 10.0. The molecule has 0 fully saturated rings. The Hall–Kier alpha value is -3.89. The normalized spacial score (nSPS) is 13.0. The van der Waals surface area contributed by atoms with E-state index in [4.69, 9.17) is 10.00 Å². The quantitative estimate of drug-likeness (QED) is 0.423. The summed E-state index contributed by atoms with van der Waals surface area (Å²) in [5.74, 6) is -0.514. The summed E-state index contributed by atoms with van der Waals surface area (Å²) in [6.07, 6.45) is 3.56. The molecule has 1 aliphatic heterocycles. The molecular formula is C25H20N2O4S. The first-order valence-corrected chi connectivity index (χ1v) is 11.5. The zero-order valence-electron chi connectivity index (χ0n) is 17.1. The van der Waals surface area contributed by atoms with Crippen molar-refractivity contribution in [3.63, 3.8) is 0 Å². The Labute approximate surface area is 187 Å². The molecule has 0 aromatic heterocycles. The number of hydrogen-bond acceptors (Lipinski definition) is 5. The molecule has 1 aliphatic rings. The third-order valence-corrected chi connectivity index (χ3v) is 7.02. The number of para-hydroxylation sites is 1. The summed E-state index contributed by atoms with van der Waals surface area (Å²) in [5, 5.41) is 8.80. The summed E-state index contributed by atoms with van der Waals surface area (Å²) in [7, 11) is -3.65. The van der Waals surface area contributed by atoms with Crippen LogP contribution in [0.2, 0.25) is 0 Å². The maximum absolute atomic E-state index is 13.1. The van der Waals surface area contributed by atoms with Crippen LogP contribution in [0.5, 0.6) is 0 Å². The Balaban J connectivity index is 1.38. The summed E-state index contributed by atoms with van der Waals surface area (Å²) in [5.41, 5.74) is 3.75. The highest BCUT2D eigenvalue weighted by molar-refractivity contribution is 7.92. The van der Waals surface area contributed by atoms with Crippen molar-refractivity contribution in [3.8, 4) is 6.07 Å².